The lowest BCUT2D eigenvalue weighted by molar-refractivity contribution is -0.117. The van der Waals surface area contributed by atoms with E-state index in [2.05, 4.69) is 6.07 Å². The first-order valence-electron chi connectivity index (χ1n) is 8.26. The summed E-state index contributed by atoms with van der Waals surface area (Å²) in [5.41, 5.74) is 7.69. The van der Waals surface area contributed by atoms with E-state index >= 15 is 0 Å². The lowest BCUT2D eigenvalue weighted by Gasteiger charge is -2.28. The van der Waals surface area contributed by atoms with Gasteiger partial charge in [-0.1, -0.05) is 54.1 Å². The smallest absolute Gasteiger partial charge is 0.210 e. The van der Waals surface area contributed by atoms with Crippen molar-refractivity contribution >= 4 is 17.4 Å². The van der Waals surface area contributed by atoms with Gasteiger partial charge in [-0.05, 0) is 23.3 Å². The highest BCUT2D eigenvalue weighted by Crippen LogP contribution is 2.40. The maximum absolute atomic E-state index is 12.2. The second kappa shape index (κ2) is 7.98. The second-order valence-corrected chi connectivity index (χ2v) is 6.44. The van der Waals surface area contributed by atoms with Gasteiger partial charge in [-0.3, -0.25) is 4.79 Å². The highest BCUT2D eigenvalue weighted by Gasteiger charge is 2.36. The van der Waals surface area contributed by atoms with Crippen molar-refractivity contribution < 1.29 is 14.3 Å². The van der Waals surface area contributed by atoms with Crippen LogP contribution in [-0.2, 0) is 20.9 Å². The predicted octanol–water partition coefficient (Wildman–Crippen LogP) is 4.17. The summed E-state index contributed by atoms with van der Waals surface area (Å²) in [5, 5.41) is 10.1. The number of nitrogens with zero attached hydrogens (tertiary/aromatic N) is 1. The van der Waals surface area contributed by atoms with E-state index in [1.807, 2.05) is 30.3 Å². The number of hydrogen-bond acceptors (Lipinski definition) is 5. The minimum Gasteiger partial charge on any atom is -0.488 e. The highest BCUT2D eigenvalue weighted by atomic mass is 35.5. The molecular weight excluding hydrogens is 364 g/mol. The Labute approximate surface area is 162 Å². The zero-order valence-corrected chi connectivity index (χ0v) is 15.4. The molecule has 6 heteroatoms. The number of rotatable bonds is 5. The quantitative estimate of drug-likeness (QED) is 0.841. The Kier molecular flexibility index (Phi) is 5.49. The van der Waals surface area contributed by atoms with Gasteiger partial charge in [0.05, 0.1) is 5.92 Å². The molecule has 136 valence electrons. The monoisotopic (exact) mass is 380 g/mol. The first-order valence-corrected chi connectivity index (χ1v) is 8.64. The van der Waals surface area contributed by atoms with Gasteiger partial charge in [0.2, 0.25) is 11.6 Å². The van der Waals surface area contributed by atoms with Crippen molar-refractivity contribution in [2.75, 3.05) is 0 Å². The van der Waals surface area contributed by atoms with Gasteiger partial charge in [0.15, 0.2) is 11.5 Å². The predicted molar refractivity (Wildman–Crippen MR) is 101 cm³/mol. The van der Waals surface area contributed by atoms with Gasteiger partial charge in [-0.2, -0.15) is 5.26 Å². The topological polar surface area (TPSA) is 85.3 Å². The van der Waals surface area contributed by atoms with Crippen molar-refractivity contribution in [3.63, 3.8) is 0 Å². The normalized spacial score (nSPS) is 16.6. The molecule has 3 rings (SSSR count). The minimum absolute atomic E-state index is 0.00703. The number of nitrogens with two attached hydrogens (primary N) is 1. The van der Waals surface area contributed by atoms with E-state index in [9.17, 15) is 10.1 Å². The van der Waals surface area contributed by atoms with E-state index in [1.165, 1.54) is 6.92 Å². The zero-order chi connectivity index (χ0) is 19.4. The van der Waals surface area contributed by atoms with Crippen molar-refractivity contribution in [2.24, 2.45) is 5.73 Å². The lowest BCUT2D eigenvalue weighted by Crippen LogP contribution is -2.25. The summed E-state index contributed by atoms with van der Waals surface area (Å²) in [6, 6.07) is 18.6. The molecule has 0 radical (unpaired) electrons. The number of Topliss-reactive ketones (excluding diaryl/α,β-unsaturated/α-hetero) is 1. The SMILES string of the molecule is CC(=O)C1=C(OCc2ccccc2)[C@@H](c2cccc(Cl)c2)C(C#N)=C(N)O1. The van der Waals surface area contributed by atoms with Crippen molar-refractivity contribution in [3.05, 3.63) is 93.7 Å². The molecule has 0 bridgehead atoms. The van der Waals surface area contributed by atoms with Gasteiger partial charge in [0, 0.05) is 11.9 Å². The van der Waals surface area contributed by atoms with Crippen LogP contribution in [0.4, 0.5) is 0 Å². The van der Waals surface area contributed by atoms with Gasteiger partial charge < -0.3 is 15.2 Å². The van der Waals surface area contributed by atoms with Crippen molar-refractivity contribution in [3.8, 4) is 6.07 Å². The molecule has 0 amide bonds. The molecule has 2 N–H and O–H groups in total. The zero-order valence-electron chi connectivity index (χ0n) is 14.6. The van der Waals surface area contributed by atoms with Crippen LogP contribution in [0.25, 0.3) is 0 Å². The third-order valence-electron chi connectivity index (χ3n) is 4.11. The van der Waals surface area contributed by atoms with Crippen LogP contribution in [0.3, 0.4) is 0 Å². The molecule has 0 aliphatic carbocycles. The number of carbonyl (C=O) groups is 1. The molecule has 0 unspecified atom stereocenters. The minimum atomic E-state index is -0.676. The van der Waals surface area contributed by atoms with Crippen LogP contribution in [0.2, 0.25) is 5.02 Å². The molecular formula is C21H17ClN2O3. The summed E-state index contributed by atoms with van der Waals surface area (Å²) < 4.78 is 11.4. The second-order valence-electron chi connectivity index (χ2n) is 6.00. The molecule has 0 fully saturated rings. The van der Waals surface area contributed by atoms with Crippen LogP contribution >= 0.6 is 11.6 Å². The van der Waals surface area contributed by atoms with Crippen molar-refractivity contribution in [1.29, 1.82) is 5.26 Å². The third-order valence-corrected chi connectivity index (χ3v) is 4.35. The van der Waals surface area contributed by atoms with Crippen molar-refractivity contribution in [2.45, 2.75) is 19.4 Å². The van der Waals surface area contributed by atoms with E-state index < -0.39 is 5.92 Å². The summed E-state index contributed by atoms with van der Waals surface area (Å²) >= 11 is 6.13. The van der Waals surface area contributed by atoms with E-state index in [4.69, 9.17) is 26.8 Å². The van der Waals surface area contributed by atoms with Crippen LogP contribution in [0.5, 0.6) is 0 Å². The summed E-state index contributed by atoms with van der Waals surface area (Å²) in [7, 11) is 0. The number of benzene rings is 2. The number of carbonyl (C=O) groups excluding carboxylic acids is 1. The summed E-state index contributed by atoms with van der Waals surface area (Å²) in [6.45, 7) is 1.58. The summed E-state index contributed by atoms with van der Waals surface area (Å²) in [4.78, 5) is 12.2. The Morgan fingerprint density at radius 3 is 2.63 bits per heavy atom. The molecule has 2 aromatic rings. The number of ether oxygens (including phenoxy) is 2. The number of hydrogen-bond donors (Lipinski definition) is 1. The average molecular weight is 381 g/mol. The van der Waals surface area contributed by atoms with Crippen LogP contribution in [0.1, 0.15) is 24.0 Å². The summed E-state index contributed by atoms with van der Waals surface area (Å²) in [6.07, 6.45) is 0. The third kappa shape index (κ3) is 3.97. The van der Waals surface area contributed by atoms with Gasteiger partial charge in [0.1, 0.15) is 18.2 Å². The largest absolute Gasteiger partial charge is 0.488 e. The lowest BCUT2D eigenvalue weighted by atomic mass is 9.87. The Balaban J connectivity index is 2.08. The van der Waals surface area contributed by atoms with Crippen LogP contribution in [0.15, 0.2) is 77.6 Å². The molecule has 1 heterocycles. The molecule has 1 aliphatic heterocycles. The number of allylic oxidation sites excluding steroid dienone is 2. The molecule has 5 nitrogen and oxygen atoms in total. The molecule has 0 saturated heterocycles. The molecule has 27 heavy (non-hydrogen) atoms. The van der Waals surface area contributed by atoms with E-state index in [1.54, 1.807) is 24.3 Å². The fourth-order valence-corrected chi connectivity index (χ4v) is 3.07. The number of ketones is 1. The average Bonchev–Trinajstić information content (AvgIpc) is 2.66. The molecule has 2 aromatic carbocycles. The molecule has 1 aliphatic rings. The van der Waals surface area contributed by atoms with Crippen LogP contribution in [0, 0.1) is 11.3 Å². The molecule has 1 atom stereocenters. The van der Waals surface area contributed by atoms with Gasteiger partial charge in [-0.15, -0.1) is 0 Å². The van der Waals surface area contributed by atoms with E-state index in [-0.39, 0.29) is 35.4 Å². The van der Waals surface area contributed by atoms with E-state index in [0.717, 1.165) is 5.56 Å². The van der Waals surface area contributed by atoms with E-state index in [0.29, 0.717) is 10.6 Å². The van der Waals surface area contributed by atoms with Crippen LogP contribution in [-0.4, -0.2) is 5.78 Å². The Hall–Kier alpha value is -3.23. The fraction of sp³-hybridized carbons (Fsp3) is 0.143. The maximum Gasteiger partial charge on any atom is 0.210 e. The Bertz CT molecular complexity index is 974. The molecule has 0 saturated carbocycles. The van der Waals surface area contributed by atoms with Gasteiger partial charge in [-0.25, -0.2) is 0 Å². The van der Waals surface area contributed by atoms with Gasteiger partial charge >= 0.3 is 0 Å². The first-order chi connectivity index (χ1) is 13.0. The van der Waals surface area contributed by atoms with Gasteiger partial charge in [0.25, 0.3) is 0 Å². The molecule has 0 spiro atoms. The molecule has 0 aromatic heterocycles. The first kappa shape index (κ1) is 18.6. The van der Waals surface area contributed by atoms with Crippen molar-refractivity contribution in [1.82, 2.24) is 0 Å². The maximum atomic E-state index is 12.2. The standard InChI is InChI=1S/C21H17ClN2O3/c1-13(25)19-20(26-12-14-6-3-2-4-7-14)18(17(11-23)21(24)27-19)15-8-5-9-16(22)10-15/h2-10,18H,12,24H2,1H3/t18-/m0/s1. The summed E-state index contributed by atoms with van der Waals surface area (Å²) in [5.74, 6) is -0.887. The number of halogens is 1. The fourth-order valence-electron chi connectivity index (χ4n) is 2.87. The van der Waals surface area contributed by atoms with Crippen LogP contribution < -0.4 is 5.73 Å². The Morgan fingerprint density at radius 1 is 1.26 bits per heavy atom. The highest BCUT2D eigenvalue weighted by molar-refractivity contribution is 6.30. The Morgan fingerprint density at radius 2 is 2.00 bits per heavy atom. The number of nitriles is 1.